The van der Waals surface area contributed by atoms with Crippen LogP contribution in [-0.2, 0) is 9.59 Å². The number of carbonyl (C=O) groups is 2. The number of amides is 2. The van der Waals surface area contributed by atoms with Gasteiger partial charge in [0.25, 0.3) is 0 Å². The van der Waals surface area contributed by atoms with Gasteiger partial charge in [0, 0.05) is 18.2 Å². The topological polar surface area (TPSA) is 79.5 Å². The standard InChI is InChI=1S/C27H29N3O3S/c1-3-4-15-24(31)29-22-17-16-21(18-23(22)33-2)28-27(34)30-26(32)25(19-11-7-5-8-12-19)20-13-9-6-10-14-20/h5-14,16-18,25H,3-4,15H2,1-2H3,(H,29,31)(H2,28,30,32,34). The molecule has 0 atom stereocenters. The van der Waals surface area contributed by atoms with E-state index < -0.39 is 5.92 Å². The summed E-state index contributed by atoms with van der Waals surface area (Å²) in [6, 6.07) is 24.4. The first-order valence-corrected chi connectivity index (χ1v) is 11.6. The molecule has 176 valence electrons. The Bertz CT molecular complexity index is 1080. The maximum absolute atomic E-state index is 13.2. The SMILES string of the molecule is CCCCC(=O)Nc1ccc(NC(=S)NC(=O)C(c2ccccc2)c2ccccc2)cc1OC. The van der Waals surface area contributed by atoms with Crippen LogP contribution in [0.25, 0.3) is 0 Å². The van der Waals surface area contributed by atoms with E-state index in [0.717, 1.165) is 24.0 Å². The quantitative estimate of drug-likeness (QED) is 0.358. The van der Waals surface area contributed by atoms with Gasteiger partial charge in [-0.25, -0.2) is 0 Å². The van der Waals surface area contributed by atoms with Gasteiger partial charge in [-0.05, 0) is 41.9 Å². The van der Waals surface area contributed by atoms with Gasteiger partial charge < -0.3 is 20.7 Å². The van der Waals surface area contributed by atoms with Crippen molar-refractivity contribution < 1.29 is 14.3 Å². The molecule has 6 nitrogen and oxygen atoms in total. The monoisotopic (exact) mass is 475 g/mol. The van der Waals surface area contributed by atoms with Crippen LogP contribution in [0.5, 0.6) is 5.75 Å². The molecule has 3 rings (SSSR count). The first-order chi connectivity index (χ1) is 16.5. The number of anilines is 2. The summed E-state index contributed by atoms with van der Waals surface area (Å²) in [4.78, 5) is 25.3. The van der Waals surface area contributed by atoms with Crippen LogP contribution in [0, 0.1) is 0 Å². The highest BCUT2D eigenvalue weighted by molar-refractivity contribution is 7.80. The lowest BCUT2D eigenvalue weighted by molar-refractivity contribution is -0.120. The second kappa shape index (κ2) is 12.5. The maximum atomic E-state index is 13.2. The van der Waals surface area contributed by atoms with Crippen molar-refractivity contribution >= 4 is 40.5 Å². The summed E-state index contributed by atoms with van der Waals surface area (Å²) < 4.78 is 5.42. The van der Waals surface area contributed by atoms with Crippen molar-refractivity contribution in [3.63, 3.8) is 0 Å². The molecule has 0 aromatic heterocycles. The Balaban J connectivity index is 1.70. The third-order valence-corrected chi connectivity index (χ3v) is 5.46. The average Bonchev–Trinajstić information content (AvgIpc) is 2.85. The van der Waals surface area contributed by atoms with Crippen molar-refractivity contribution in [1.82, 2.24) is 5.32 Å². The van der Waals surface area contributed by atoms with E-state index in [9.17, 15) is 9.59 Å². The number of hydrogen-bond donors (Lipinski definition) is 3. The molecule has 3 N–H and O–H groups in total. The van der Waals surface area contributed by atoms with Crippen molar-refractivity contribution in [2.24, 2.45) is 0 Å². The van der Waals surface area contributed by atoms with Crippen LogP contribution in [0.3, 0.4) is 0 Å². The Hall–Kier alpha value is -3.71. The molecule has 0 saturated heterocycles. The van der Waals surface area contributed by atoms with Gasteiger partial charge in [-0.15, -0.1) is 0 Å². The second-order valence-corrected chi connectivity index (χ2v) is 8.17. The zero-order chi connectivity index (χ0) is 24.3. The highest BCUT2D eigenvalue weighted by Gasteiger charge is 2.23. The van der Waals surface area contributed by atoms with Gasteiger partial charge in [-0.1, -0.05) is 74.0 Å². The molecule has 0 aliphatic rings. The van der Waals surface area contributed by atoms with E-state index in [1.165, 1.54) is 7.11 Å². The van der Waals surface area contributed by atoms with E-state index in [0.29, 0.717) is 23.5 Å². The van der Waals surface area contributed by atoms with Crippen LogP contribution < -0.4 is 20.7 Å². The Morgan fingerprint density at radius 2 is 1.53 bits per heavy atom. The van der Waals surface area contributed by atoms with Crippen molar-refractivity contribution in [3.05, 3.63) is 90.0 Å². The molecule has 0 fully saturated rings. The minimum Gasteiger partial charge on any atom is -0.494 e. The summed E-state index contributed by atoms with van der Waals surface area (Å²) in [6.45, 7) is 2.04. The van der Waals surface area contributed by atoms with E-state index in [1.807, 2.05) is 67.6 Å². The molecular weight excluding hydrogens is 446 g/mol. The van der Waals surface area contributed by atoms with E-state index in [1.54, 1.807) is 18.2 Å². The molecule has 0 saturated carbocycles. The van der Waals surface area contributed by atoms with Gasteiger partial charge >= 0.3 is 0 Å². The van der Waals surface area contributed by atoms with Gasteiger partial charge in [0.2, 0.25) is 11.8 Å². The Morgan fingerprint density at radius 1 is 0.912 bits per heavy atom. The highest BCUT2D eigenvalue weighted by atomic mass is 32.1. The lowest BCUT2D eigenvalue weighted by atomic mass is 9.90. The molecule has 3 aromatic rings. The maximum Gasteiger partial charge on any atom is 0.238 e. The summed E-state index contributed by atoms with van der Waals surface area (Å²) in [6.07, 6.45) is 2.24. The van der Waals surface area contributed by atoms with Gasteiger partial charge in [0.05, 0.1) is 18.7 Å². The fourth-order valence-corrected chi connectivity index (χ4v) is 3.77. The third-order valence-electron chi connectivity index (χ3n) is 5.26. The fraction of sp³-hybridized carbons (Fsp3) is 0.222. The summed E-state index contributed by atoms with van der Waals surface area (Å²) in [5.41, 5.74) is 2.96. The molecule has 0 heterocycles. The van der Waals surface area contributed by atoms with Gasteiger partial charge in [0.1, 0.15) is 5.75 Å². The number of methoxy groups -OCH3 is 1. The Morgan fingerprint density at radius 3 is 2.09 bits per heavy atom. The molecule has 2 amide bonds. The van der Waals surface area contributed by atoms with Crippen LogP contribution in [0.4, 0.5) is 11.4 Å². The minimum atomic E-state index is -0.502. The van der Waals surface area contributed by atoms with Crippen molar-refractivity contribution in [2.75, 3.05) is 17.7 Å². The predicted octanol–water partition coefficient (Wildman–Crippen LogP) is 5.47. The first-order valence-electron chi connectivity index (χ1n) is 11.2. The Kier molecular flexibility index (Phi) is 9.17. The molecule has 0 bridgehead atoms. The lowest BCUT2D eigenvalue weighted by Crippen LogP contribution is -2.37. The number of ether oxygens (including phenoxy) is 1. The van der Waals surface area contributed by atoms with Crippen molar-refractivity contribution in [2.45, 2.75) is 32.1 Å². The van der Waals surface area contributed by atoms with Gasteiger partial charge in [-0.3, -0.25) is 9.59 Å². The smallest absolute Gasteiger partial charge is 0.238 e. The molecule has 0 unspecified atom stereocenters. The summed E-state index contributed by atoms with van der Waals surface area (Å²) in [7, 11) is 1.53. The molecule has 0 spiro atoms. The van der Waals surface area contributed by atoms with Crippen LogP contribution >= 0.6 is 12.2 Å². The molecule has 0 aliphatic heterocycles. The summed E-state index contributed by atoms with van der Waals surface area (Å²) in [5.74, 6) is -0.300. The predicted molar refractivity (Wildman–Crippen MR) is 140 cm³/mol. The average molecular weight is 476 g/mol. The van der Waals surface area contributed by atoms with Crippen molar-refractivity contribution in [1.29, 1.82) is 0 Å². The molecule has 3 aromatic carbocycles. The van der Waals surface area contributed by atoms with E-state index in [2.05, 4.69) is 16.0 Å². The lowest BCUT2D eigenvalue weighted by Gasteiger charge is -2.19. The molecule has 0 radical (unpaired) electrons. The zero-order valence-corrected chi connectivity index (χ0v) is 20.2. The minimum absolute atomic E-state index is 0.0588. The van der Waals surface area contributed by atoms with E-state index in [4.69, 9.17) is 17.0 Å². The number of hydrogen-bond acceptors (Lipinski definition) is 4. The normalized spacial score (nSPS) is 10.4. The molecule has 0 aliphatic carbocycles. The highest BCUT2D eigenvalue weighted by Crippen LogP contribution is 2.29. The summed E-state index contributed by atoms with van der Waals surface area (Å²) in [5, 5.41) is 8.87. The number of unbranched alkanes of at least 4 members (excludes halogenated alkanes) is 1. The molecular formula is C27H29N3O3S. The van der Waals surface area contributed by atoms with Crippen LogP contribution in [0.15, 0.2) is 78.9 Å². The van der Waals surface area contributed by atoms with Crippen LogP contribution in [0.2, 0.25) is 0 Å². The number of nitrogens with one attached hydrogen (secondary N) is 3. The zero-order valence-electron chi connectivity index (χ0n) is 19.3. The summed E-state index contributed by atoms with van der Waals surface area (Å²) >= 11 is 5.41. The van der Waals surface area contributed by atoms with Gasteiger partial charge in [-0.2, -0.15) is 0 Å². The number of rotatable bonds is 9. The van der Waals surface area contributed by atoms with Crippen LogP contribution in [0.1, 0.15) is 43.2 Å². The van der Waals surface area contributed by atoms with E-state index >= 15 is 0 Å². The Labute approximate surface area is 205 Å². The third kappa shape index (κ3) is 6.89. The second-order valence-electron chi connectivity index (χ2n) is 7.76. The van der Waals surface area contributed by atoms with Gasteiger partial charge in [0.15, 0.2) is 5.11 Å². The van der Waals surface area contributed by atoms with Crippen molar-refractivity contribution in [3.8, 4) is 5.75 Å². The number of benzene rings is 3. The largest absolute Gasteiger partial charge is 0.494 e. The van der Waals surface area contributed by atoms with Crippen LogP contribution in [-0.4, -0.2) is 24.0 Å². The first kappa shape index (κ1) is 24.9. The van der Waals surface area contributed by atoms with E-state index in [-0.39, 0.29) is 16.9 Å². The number of thiocarbonyl (C=S) groups is 1. The molecule has 7 heteroatoms. The molecule has 34 heavy (non-hydrogen) atoms. The fourth-order valence-electron chi connectivity index (χ4n) is 3.55. The number of carbonyl (C=O) groups excluding carboxylic acids is 2.